The van der Waals surface area contributed by atoms with Gasteiger partial charge in [-0.25, -0.2) is 0 Å². The average Bonchev–Trinajstić information content (AvgIpc) is 2.14. The van der Waals surface area contributed by atoms with E-state index in [0.29, 0.717) is 5.89 Å². The molecule has 0 aliphatic rings. The van der Waals surface area contributed by atoms with Gasteiger partial charge >= 0.3 is 52.3 Å². The first kappa shape index (κ1) is 5.68. The van der Waals surface area contributed by atoms with Crippen LogP contribution in [0.15, 0.2) is 4.52 Å². The third-order valence-corrected chi connectivity index (χ3v) is 1.33. The maximum atomic E-state index is 4.68. The monoisotopic (exact) mass is 124 g/mol. The van der Waals surface area contributed by atoms with Gasteiger partial charge in [0.2, 0.25) is 0 Å². The van der Waals surface area contributed by atoms with Crippen LogP contribution in [-0.4, -0.2) is 30.3 Å². The zero-order valence-corrected chi connectivity index (χ0v) is 5.74. The molecule has 1 aromatic heterocycles. The SMILES string of the molecule is [CH2]=[Al][c]1noc(C)n1. The molecule has 0 bridgehead atoms. The zero-order chi connectivity index (χ0) is 5.98. The van der Waals surface area contributed by atoms with Crippen LogP contribution in [0.5, 0.6) is 0 Å². The molecule has 0 fully saturated rings. The van der Waals surface area contributed by atoms with Crippen LogP contribution in [0.1, 0.15) is 5.89 Å². The van der Waals surface area contributed by atoms with Crippen molar-refractivity contribution in [1.82, 2.24) is 10.1 Å². The van der Waals surface area contributed by atoms with Crippen LogP contribution in [0.2, 0.25) is 0 Å². The normalized spacial score (nSPS) is 8.62. The summed E-state index contributed by atoms with van der Waals surface area (Å²) in [5, 5.41) is 7.29. The van der Waals surface area contributed by atoms with Crippen molar-refractivity contribution in [1.29, 1.82) is 0 Å². The molecular weight excluding hydrogens is 119 g/mol. The molecule has 1 heterocycles. The van der Waals surface area contributed by atoms with E-state index in [4.69, 9.17) is 0 Å². The van der Waals surface area contributed by atoms with E-state index in [1.165, 1.54) is 0 Å². The predicted molar refractivity (Wildman–Crippen MR) is 31.5 cm³/mol. The van der Waals surface area contributed by atoms with Crippen molar-refractivity contribution in [2.24, 2.45) is 0 Å². The molecular formula is C4H5AlN2O. The second kappa shape index (κ2) is 2.21. The van der Waals surface area contributed by atoms with Gasteiger partial charge in [0.05, 0.1) is 0 Å². The minimum atomic E-state index is -0.0345. The molecule has 4 heteroatoms. The molecule has 0 unspecified atom stereocenters. The third kappa shape index (κ3) is 1.03. The fraction of sp³-hybridized carbons (Fsp3) is 0.250. The standard InChI is InChI=1S/C3H3N2O.CH2.Al/c1-3-4-2-5-6-3;;/h1H3;1H2;. The molecule has 0 saturated heterocycles. The van der Waals surface area contributed by atoms with Crippen molar-refractivity contribution in [3.05, 3.63) is 5.89 Å². The van der Waals surface area contributed by atoms with Crippen molar-refractivity contribution in [2.75, 3.05) is 0 Å². The van der Waals surface area contributed by atoms with Crippen LogP contribution in [0, 0.1) is 6.92 Å². The summed E-state index contributed by atoms with van der Waals surface area (Å²) in [5.74, 6) is 0.621. The third-order valence-electron chi connectivity index (χ3n) is 0.726. The van der Waals surface area contributed by atoms with E-state index in [1.54, 1.807) is 6.92 Å². The van der Waals surface area contributed by atoms with Crippen LogP contribution in [0.4, 0.5) is 0 Å². The van der Waals surface area contributed by atoms with E-state index in [0.717, 1.165) is 4.69 Å². The van der Waals surface area contributed by atoms with Gasteiger partial charge in [0.1, 0.15) is 0 Å². The maximum absolute atomic E-state index is 4.68. The van der Waals surface area contributed by atoms with Gasteiger partial charge < -0.3 is 0 Å². The molecule has 0 amide bonds. The summed E-state index contributed by atoms with van der Waals surface area (Å²) in [6.07, 6.45) is 0. The van der Waals surface area contributed by atoms with Gasteiger partial charge in [-0.05, 0) is 0 Å². The molecule has 1 rings (SSSR count). The molecule has 0 atom stereocenters. The van der Waals surface area contributed by atoms with Gasteiger partial charge in [-0.3, -0.25) is 0 Å². The van der Waals surface area contributed by atoms with Gasteiger partial charge in [-0.15, -0.1) is 0 Å². The first-order valence-electron chi connectivity index (χ1n) is 2.25. The number of aryl methyl sites for hydroxylation is 1. The predicted octanol–water partition coefficient (Wildman–Crippen LogP) is -0.860. The Morgan fingerprint density at radius 1 is 1.75 bits per heavy atom. The Bertz CT molecular complexity index is 196. The molecule has 0 aromatic carbocycles. The Hall–Kier alpha value is -0.458. The number of hydrogen-bond donors (Lipinski definition) is 0. The molecule has 8 heavy (non-hydrogen) atoms. The van der Waals surface area contributed by atoms with Crippen LogP contribution >= 0.6 is 0 Å². The Kier molecular flexibility index (Phi) is 1.57. The molecule has 0 radical (unpaired) electrons. The summed E-state index contributed by atoms with van der Waals surface area (Å²) >= 11 is -0.0345. The summed E-state index contributed by atoms with van der Waals surface area (Å²) in [6.45, 7) is 1.77. The van der Waals surface area contributed by atoms with Crippen molar-refractivity contribution in [3.8, 4) is 0 Å². The van der Waals surface area contributed by atoms with Gasteiger partial charge in [0, 0.05) is 0 Å². The number of aromatic nitrogens is 2. The fourth-order valence-corrected chi connectivity index (χ4v) is 0.798. The summed E-state index contributed by atoms with van der Waals surface area (Å²) in [4.78, 5) is 3.93. The summed E-state index contributed by atoms with van der Waals surface area (Å²) < 4.78 is 5.43. The van der Waals surface area contributed by atoms with Crippen LogP contribution in [-0.2, 0) is 0 Å². The minimum absolute atomic E-state index is 0.0345. The fourth-order valence-electron chi connectivity index (χ4n) is 0.398. The van der Waals surface area contributed by atoms with Gasteiger partial charge in [0.15, 0.2) is 0 Å². The number of nitrogens with zero attached hydrogens (tertiary/aromatic N) is 2. The van der Waals surface area contributed by atoms with E-state index in [1.807, 2.05) is 0 Å². The van der Waals surface area contributed by atoms with Crippen molar-refractivity contribution in [2.45, 2.75) is 6.92 Å². The van der Waals surface area contributed by atoms with E-state index in [-0.39, 0.29) is 14.8 Å². The molecule has 0 aliphatic heterocycles. The summed E-state index contributed by atoms with van der Waals surface area (Å²) in [7, 11) is 0. The van der Waals surface area contributed by atoms with Crippen molar-refractivity contribution >= 4 is 24.9 Å². The Balaban J connectivity index is 3.00. The number of hydrogen-bond acceptors (Lipinski definition) is 3. The van der Waals surface area contributed by atoms with Crippen molar-refractivity contribution in [3.63, 3.8) is 0 Å². The molecule has 40 valence electrons. The van der Waals surface area contributed by atoms with Crippen molar-refractivity contribution < 1.29 is 4.52 Å². The van der Waals surface area contributed by atoms with Gasteiger partial charge in [-0.2, -0.15) is 0 Å². The average molecular weight is 124 g/mol. The zero-order valence-electron chi connectivity index (χ0n) is 4.59. The second-order valence-corrected chi connectivity index (χ2v) is 2.30. The molecule has 0 spiro atoms. The molecule has 0 saturated carbocycles. The van der Waals surface area contributed by atoms with Crippen LogP contribution in [0.25, 0.3) is 0 Å². The van der Waals surface area contributed by atoms with E-state index >= 15 is 0 Å². The molecule has 1 aromatic rings. The van der Waals surface area contributed by atoms with E-state index < -0.39 is 0 Å². The Morgan fingerprint density at radius 2 is 2.50 bits per heavy atom. The Labute approximate surface area is 53.0 Å². The van der Waals surface area contributed by atoms with E-state index in [9.17, 15) is 0 Å². The van der Waals surface area contributed by atoms with Gasteiger partial charge in [0.25, 0.3) is 0 Å². The molecule has 0 N–H and O–H groups in total. The summed E-state index contributed by atoms with van der Waals surface area (Å²) in [5.41, 5.74) is 0. The van der Waals surface area contributed by atoms with E-state index in [2.05, 4.69) is 20.0 Å². The topological polar surface area (TPSA) is 38.9 Å². The van der Waals surface area contributed by atoms with Gasteiger partial charge in [-0.1, -0.05) is 0 Å². The first-order chi connectivity index (χ1) is 3.83. The summed E-state index contributed by atoms with van der Waals surface area (Å²) in [6, 6.07) is 0. The van der Waals surface area contributed by atoms with Crippen LogP contribution < -0.4 is 4.69 Å². The quantitative estimate of drug-likeness (QED) is 0.457. The second-order valence-electron chi connectivity index (χ2n) is 1.38. The van der Waals surface area contributed by atoms with Crippen LogP contribution in [0.3, 0.4) is 0 Å². The Morgan fingerprint density at radius 3 is 2.75 bits per heavy atom. The molecule has 3 nitrogen and oxygen atoms in total. The molecule has 0 aliphatic carbocycles. The number of rotatable bonds is 1. The first-order valence-corrected chi connectivity index (χ1v) is 3.65.